The van der Waals surface area contributed by atoms with Crippen molar-refractivity contribution < 1.29 is 14.1 Å². The Bertz CT molecular complexity index is 708. The highest BCUT2D eigenvalue weighted by molar-refractivity contribution is 5.93. The third kappa shape index (κ3) is 3.95. The van der Waals surface area contributed by atoms with Crippen LogP contribution in [0.2, 0.25) is 0 Å². The van der Waals surface area contributed by atoms with E-state index < -0.39 is 0 Å². The van der Waals surface area contributed by atoms with E-state index in [9.17, 15) is 4.79 Å². The highest BCUT2D eigenvalue weighted by Crippen LogP contribution is 2.26. The van der Waals surface area contributed by atoms with Crippen LogP contribution in [0.15, 0.2) is 16.9 Å². The molecule has 0 bridgehead atoms. The first kappa shape index (κ1) is 17.2. The standard InChI is InChI=1S/C18H25N5O3/c24-18(15-10-19-20-11-15)23-7-1-2-13(12-23)3-4-16-21-17(26-22-16)14-5-8-25-9-6-14/h10-11,13-14H,1-9,12H2,(H,19,20). The van der Waals surface area contributed by atoms with Crippen molar-refractivity contribution >= 4 is 5.91 Å². The zero-order valence-electron chi connectivity index (χ0n) is 14.9. The number of aryl methyl sites for hydroxylation is 1. The quantitative estimate of drug-likeness (QED) is 0.879. The average Bonchev–Trinajstić information content (AvgIpc) is 3.39. The molecule has 0 aromatic carbocycles. The molecule has 2 aromatic rings. The van der Waals surface area contributed by atoms with Crippen LogP contribution in [0.1, 0.15) is 60.1 Å². The van der Waals surface area contributed by atoms with Gasteiger partial charge in [-0.1, -0.05) is 5.16 Å². The Balaban J connectivity index is 1.29. The van der Waals surface area contributed by atoms with Gasteiger partial charge in [0.2, 0.25) is 5.89 Å². The number of hydrogen-bond donors (Lipinski definition) is 1. The first-order valence-corrected chi connectivity index (χ1v) is 9.48. The number of hydrogen-bond acceptors (Lipinski definition) is 6. The van der Waals surface area contributed by atoms with Crippen LogP contribution in [0, 0.1) is 5.92 Å². The number of nitrogens with zero attached hydrogens (tertiary/aromatic N) is 4. The van der Waals surface area contributed by atoms with Gasteiger partial charge in [-0.2, -0.15) is 10.1 Å². The molecular formula is C18H25N5O3. The summed E-state index contributed by atoms with van der Waals surface area (Å²) in [6.07, 6.45) is 9.09. The number of aromatic amines is 1. The molecule has 2 aromatic heterocycles. The van der Waals surface area contributed by atoms with Gasteiger partial charge in [-0.05, 0) is 38.0 Å². The number of aromatic nitrogens is 4. The molecule has 4 rings (SSSR count). The van der Waals surface area contributed by atoms with Crippen LogP contribution in [0.3, 0.4) is 0 Å². The maximum atomic E-state index is 12.5. The van der Waals surface area contributed by atoms with Gasteiger partial charge in [-0.25, -0.2) is 0 Å². The highest BCUT2D eigenvalue weighted by atomic mass is 16.5. The summed E-state index contributed by atoms with van der Waals surface area (Å²) in [5, 5.41) is 10.7. The zero-order valence-corrected chi connectivity index (χ0v) is 14.9. The SMILES string of the molecule is O=C(c1cn[nH]c1)N1CCCC(CCc2noc(C3CCOCC3)n2)C1. The van der Waals surface area contributed by atoms with Crippen molar-refractivity contribution in [1.29, 1.82) is 0 Å². The lowest BCUT2D eigenvalue weighted by Gasteiger charge is -2.32. The lowest BCUT2D eigenvalue weighted by Crippen LogP contribution is -2.40. The van der Waals surface area contributed by atoms with Crippen LogP contribution in [0.5, 0.6) is 0 Å². The molecule has 4 heterocycles. The molecule has 0 saturated carbocycles. The smallest absolute Gasteiger partial charge is 0.257 e. The summed E-state index contributed by atoms with van der Waals surface area (Å²) < 4.78 is 10.8. The second-order valence-corrected chi connectivity index (χ2v) is 7.22. The van der Waals surface area contributed by atoms with Gasteiger partial charge in [0.25, 0.3) is 5.91 Å². The van der Waals surface area contributed by atoms with Crippen LogP contribution in [0.25, 0.3) is 0 Å². The fraction of sp³-hybridized carbons (Fsp3) is 0.667. The molecule has 2 fully saturated rings. The fourth-order valence-corrected chi connectivity index (χ4v) is 3.85. The minimum absolute atomic E-state index is 0.0600. The molecule has 0 aliphatic carbocycles. The van der Waals surface area contributed by atoms with E-state index in [1.54, 1.807) is 12.4 Å². The molecule has 0 spiro atoms. The number of H-pyrrole nitrogens is 1. The van der Waals surface area contributed by atoms with E-state index in [4.69, 9.17) is 9.26 Å². The van der Waals surface area contributed by atoms with Gasteiger partial charge < -0.3 is 14.2 Å². The maximum absolute atomic E-state index is 12.5. The van der Waals surface area contributed by atoms with Crippen molar-refractivity contribution in [3.63, 3.8) is 0 Å². The second kappa shape index (κ2) is 7.99. The topological polar surface area (TPSA) is 97.1 Å². The van der Waals surface area contributed by atoms with Gasteiger partial charge in [0.1, 0.15) is 0 Å². The molecule has 8 nitrogen and oxygen atoms in total. The van der Waals surface area contributed by atoms with Crippen molar-refractivity contribution in [2.75, 3.05) is 26.3 Å². The van der Waals surface area contributed by atoms with E-state index in [1.165, 1.54) is 0 Å². The van der Waals surface area contributed by atoms with Crippen LogP contribution < -0.4 is 0 Å². The Morgan fingerprint density at radius 3 is 3.00 bits per heavy atom. The summed E-state index contributed by atoms with van der Waals surface area (Å²) in [6.45, 7) is 3.14. The minimum Gasteiger partial charge on any atom is -0.381 e. The van der Waals surface area contributed by atoms with Gasteiger partial charge in [-0.15, -0.1) is 0 Å². The van der Waals surface area contributed by atoms with E-state index in [0.29, 0.717) is 17.4 Å². The first-order chi connectivity index (χ1) is 12.8. The summed E-state index contributed by atoms with van der Waals surface area (Å²) in [4.78, 5) is 19.0. The van der Waals surface area contributed by atoms with Crippen LogP contribution in [0.4, 0.5) is 0 Å². The van der Waals surface area contributed by atoms with Crippen LogP contribution >= 0.6 is 0 Å². The fourth-order valence-electron chi connectivity index (χ4n) is 3.85. The summed E-state index contributed by atoms with van der Waals surface area (Å²) in [7, 11) is 0. The van der Waals surface area contributed by atoms with E-state index in [-0.39, 0.29) is 5.91 Å². The Hall–Kier alpha value is -2.22. The van der Waals surface area contributed by atoms with Gasteiger partial charge >= 0.3 is 0 Å². The maximum Gasteiger partial charge on any atom is 0.257 e. The summed E-state index contributed by atoms with van der Waals surface area (Å²) >= 11 is 0. The van der Waals surface area contributed by atoms with Crippen molar-refractivity contribution in [1.82, 2.24) is 25.2 Å². The van der Waals surface area contributed by atoms with E-state index in [2.05, 4.69) is 20.3 Å². The molecule has 0 radical (unpaired) electrons. The number of nitrogens with one attached hydrogen (secondary N) is 1. The van der Waals surface area contributed by atoms with E-state index >= 15 is 0 Å². The Kier molecular flexibility index (Phi) is 5.29. The predicted octanol–water partition coefficient (Wildman–Crippen LogP) is 2.17. The van der Waals surface area contributed by atoms with Crippen molar-refractivity contribution in [2.24, 2.45) is 5.92 Å². The van der Waals surface area contributed by atoms with Gasteiger partial charge in [0.15, 0.2) is 5.82 Å². The predicted molar refractivity (Wildman–Crippen MR) is 92.6 cm³/mol. The molecule has 2 aliphatic heterocycles. The molecule has 8 heteroatoms. The number of amides is 1. The Morgan fingerprint density at radius 2 is 2.19 bits per heavy atom. The van der Waals surface area contributed by atoms with Crippen LogP contribution in [-0.4, -0.2) is 57.4 Å². The summed E-state index contributed by atoms with van der Waals surface area (Å²) in [6, 6.07) is 0. The minimum atomic E-state index is 0.0600. The number of ether oxygens (including phenoxy) is 1. The molecule has 1 atom stereocenters. The number of piperidine rings is 1. The molecule has 1 N–H and O–H groups in total. The van der Waals surface area contributed by atoms with E-state index in [0.717, 1.165) is 76.5 Å². The first-order valence-electron chi connectivity index (χ1n) is 9.48. The Labute approximate surface area is 152 Å². The van der Waals surface area contributed by atoms with E-state index in [1.807, 2.05) is 4.90 Å². The molecule has 1 unspecified atom stereocenters. The average molecular weight is 359 g/mol. The lowest BCUT2D eigenvalue weighted by molar-refractivity contribution is 0.0668. The number of carbonyl (C=O) groups excluding carboxylic acids is 1. The highest BCUT2D eigenvalue weighted by Gasteiger charge is 2.26. The lowest BCUT2D eigenvalue weighted by atomic mass is 9.93. The van der Waals surface area contributed by atoms with Gasteiger partial charge in [0.05, 0.1) is 11.8 Å². The second-order valence-electron chi connectivity index (χ2n) is 7.22. The van der Waals surface area contributed by atoms with Gasteiger partial charge in [-0.3, -0.25) is 9.89 Å². The summed E-state index contributed by atoms with van der Waals surface area (Å²) in [5.74, 6) is 2.41. The normalized spacial score (nSPS) is 21.8. The van der Waals surface area contributed by atoms with Gasteiger partial charge in [0, 0.05) is 44.8 Å². The monoisotopic (exact) mass is 359 g/mol. The largest absolute Gasteiger partial charge is 0.381 e. The molecule has 140 valence electrons. The molecule has 2 aliphatic rings. The van der Waals surface area contributed by atoms with Crippen LogP contribution in [-0.2, 0) is 11.2 Å². The number of rotatable bonds is 5. The third-order valence-corrected chi connectivity index (χ3v) is 5.38. The molecule has 26 heavy (non-hydrogen) atoms. The number of carbonyl (C=O) groups is 1. The van der Waals surface area contributed by atoms with Crippen molar-refractivity contribution in [3.05, 3.63) is 29.7 Å². The Morgan fingerprint density at radius 1 is 1.31 bits per heavy atom. The third-order valence-electron chi connectivity index (χ3n) is 5.38. The molecule has 2 saturated heterocycles. The van der Waals surface area contributed by atoms with Crippen molar-refractivity contribution in [3.8, 4) is 0 Å². The summed E-state index contributed by atoms with van der Waals surface area (Å²) in [5.41, 5.74) is 0.630. The number of likely N-dealkylation sites (tertiary alicyclic amines) is 1. The zero-order chi connectivity index (χ0) is 17.8. The molecule has 1 amide bonds. The molecular weight excluding hydrogens is 334 g/mol. The van der Waals surface area contributed by atoms with Crippen molar-refractivity contribution in [2.45, 2.75) is 44.4 Å².